The lowest BCUT2D eigenvalue weighted by molar-refractivity contribution is -0.137. The lowest BCUT2D eigenvalue weighted by Crippen LogP contribution is -2.45. The Balaban J connectivity index is 2.32. The number of benzene rings is 1. The highest BCUT2D eigenvalue weighted by Gasteiger charge is 2.36. The Labute approximate surface area is 184 Å². The summed E-state index contributed by atoms with van der Waals surface area (Å²) < 4.78 is 65.2. The van der Waals surface area contributed by atoms with Gasteiger partial charge in [-0.15, -0.1) is 16.8 Å². The molecule has 1 N–H and O–H groups in total. The summed E-state index contributed by atoms with van der Waals surface area (Å²) in [5.74, 6) is -0.209. The highest BCUT2D eigenvalue weighted by molar-refractivity contribution is 8.01. The van der Waals surface area contributed by atoms with Gasteiger partial charge in [-0.25, -0.2) is 8.42 Å². The average Bonchev–Trinajstić information content (AvgIpc) is 3.06. The van der Waals surface area contributed by atoms with E-state index in [2.05, 4.69) is 22.1 Å². The topological polar surface area (TPSA) is 92.3 Å². The highest BCUT2D eigenvalue weighted by Crippen LogP contribution is 2.38. The number of hydrogen-bond donors (Lipinski definition) is 1. The summed E-state index contributed by atoms with van der Waals surface area (Å²) in [5, 5.41) is 9.62. The molecule has 1 atom stereocenters. The molecule has 0 unspecified atom stereocenters. The fourth-order valence-corrected chi connectivity index (χ4v) is 5.24. The molecule has 1 aromatic heterocycles. The number of sulfonamides is 1. The quantitative estimate of drug-likeness (QED) is 0.330. The van der Waals surface area contributed by atoms with Gasteiger partial charge in [0.2, 0.25) is 21.1 Å². The molecular weight excluding hydrogens is 485 g/mol. The number of nitrogens with one attached hydrogen (secondary N) is 1. The van der Waals surface area contributed by atoms with Crippen molar-refractivity contribution in [2.45, 2.75) is 23.5 Å². The minimum Gasteiger partial charge on any atom is -0.299 e. The van der Waals surface area contributed by atoms with Gasteiger partial charge >= 0.3 is 6.18 Å². The summed E-state index contributed by atoms with van der Waals surface area (Å²) in [6.45, 7) is 4.82. The van der Waals surface area contributed by atoms with Crippen molar-refractivity contribution in [1.82, 2.24) is 10.2 Å². The van der Waals surface area contributed by atoms with Crippen molar-refractivity contribution in [3.63, 3.8) is 0 Å². The largest absolute Gasteiger partial charge is 0.417 e. The van der Waals surface area contributed by atoms with E-state index in [1.807, 2.05) is 0 Å². The van der Waals surface area contributed by atoms with E-state index in [9.17, 15) is 26.4 Å². The van der Waals surface area contributed by atoms with Crippen molar-refractivity contribution in [3.05, 3.63) is 41.4 Å². The van der Waals surface area contributed by atoms with Gasteiger partial charge in [0.15, 0.2) is 4.34 Å². The average molecular weight is 501 g/mol. The zero-order valence-corrected chi connectivity index (χ0v) is 18.8. The lowest BCUT2D eigenvalue weighted by Gasteiger charge is -2.28. The molecule has 1 aromatic carbocycles. The molecule has 0 aliphatic rings. The number of nitrogens with zero attached hydrogens (tertiary/aromatic N) is 3. The maximum absolute atomic E-state index is 13.2. The van der Waals surface area contributed by atoms with Crippen molar-refractivity contribution in [3.8, 4) is 0 Å². The molecule has 0 aliphatic heterocycles. The van der Waals surface area contributed by atoms with E-state index < -0.39 is 38.7 Å². The van der Waals surface area contributed by atoms with E-state index in [-0.39, 0.29) is 10.8 Å². The number of aromatic nitrogens is 2. The predicted molar refractivity (Wildman–Crippen MR) is 113 cm³/mol. The van der Waals surface area contributed by atoms with Gasteiger partial charge in [0.25, 0.3) is 0 Å². The molecule has 2 rings (SSSR count). The van der Waals surface area contributed by atoms with Gasteiger partial charge in [-0.3, -0.25) is 14.4 Å². The summed E-state index contributed by atoms with van der Waals surface area (Å²) >= 11 is 8.01. The lowest BCUT2D eigenvalue weighted by atomic mass is 10.1. The van der Waals surface area contributed by atoms with Crippen LogP contribution in [-0.4, -0.2) is 42.6 Å². The maximum Gasteiger partial charge on any atom is 0.417 e. The first-order valence-corrected chi connectivity index (χ1v) is 12.1. The van der Waals surface area contributed by atoms with Crippen LogP contribution in [0.15, 0.2) is 35.2 Å². The van der Waals surface area contributed by atoms with E-state index >= 15 is 0 Å². The Morgan fingerprint density at radius 1 is 1.43 bits per heavy atom. The molecule has 0 radical (unpaired) electrons. The first-order chi connectivity index (χ1) is 13.8. The third-order valence-electron chi connectivity index (χ3n) is 3.56. The molecule has 1 heterocycles. The third kappa shape index (κ3) is 6.09. The van der Waals surface area contributed by atoms with E-state index in [1.165, 1.54) is 18.7 Å². The minimum absolute atomic E-state index is 0.124. The van der Waals surface area contributed by atoms with E-state index in [0.29, 0.717) is 20.5 Å². The van der Waals surface area contributed by atoms with Crippen molar-refractivity contribution < 1.29 is 26.4 Å². The summed E-state index contributed by atoms with van der Waals surface area (Å²) in [5.41, 5.74) is -1.56. The van der Waals surface area contributed by atoms with Crippen LogP contribution >= 0.6 is 34.7 Å². The molecule has 14 heteroatoms. The number of thioether (sulfide) groups is 1. The molecule has 164 valence electrons. The van der Waals surface area contributed by atoms with Crippen LogP contribution in [0.25, 0.3) is 0 Å². The minimum atomic E-state index is -4.80. The number of hydrogen-bond acceptors (Lipinski definition) is 7. The molecule has 1 amide bonds. The number of rotatable bonds is 8. The summed E-state index contributed by atoms with van der Waals surface area (Å²) in [7, 11) is -4.12. The molecule has 0 saturated heterocycles. The SMILES string of the molecule is C=CCSc1nnc(NC(=O)[C@H](C)N(c2ccc(Cl)c(C(F)(F)F)c2)S(C)(=O)=O)s1. The number of alkyl halides is 3. The van der Waals surface area contributed by atoms with Crippen molar-refractivity contribution in [1.29, 1.82) is 0 Å². The Morgan fingerprint density at radius 3 is 2.67 bits per heavy atom. The summed E-state index contributed by atoms with van der Waals surface area (Å²) in [4.78, 5) is 12.6. The maximum atomic E-state index is 13.2. The molecule has 2 aromatic rings. The Bertz CT molecular complexity index is 1040. The van der Waals surface area contributed by atoms with Crippen LogP contribution in [0.4, 0.5) is 24.0 Å². The van der Waals surface area contributed by atoms with Crippen LogP contribution in [0.2, 0.25) is 5.02 Å². The first kappa shape index (κ1) is 24.4. The Kier molecular flexibility index (Phi) is 7.77. The smallest absolute Gasteiger partial charge is 0.299 e. The van der Waals surface area contributed by atoms with Gasteiger partial charge in [0.1, 0.15) is 6.04 Å². The van der Waals surface area contributed by atoms with E-state index in [4.69, 9.17) is 11.6 Å². The zero-order valence-electron chi connectivity index (χ0n) is 15.6. The Morgan fingerprint density at radius 2 is 2.10 bits per heavy atom. The van der Waals surface area contributed by atoms with Gasteiger partial charge in [-0.1, -0.05) is 40.8 Å². The second-order valence-electron chi connectivity index (χ2n) is 5.86. The fourth-order valence-electron chi connectivity index (χ4n) is 2.34. The van der Waals surface area contributed by atoms with Crippen LogP contribution in [-0.2, 0) is 21.0 Å². The number of amides is 1. The molecule has 7 nitrogen and oxygen atoms in total. The van der Waals surface area contributed by atoms with Crippen LogP contribution in [0, 0.1) is 0 Å². The first-order valence-electron chi connectivity index (χ1n) is 8.08. The monoisotopic (exact) mass is 500 g/mol. The van der Waals surface area contributed by atoms with Crippen LogP contribution in [0.1, 0.15) is 12.5 Å². The van der Waals surface area contributed by atoms with E-state index in [0.717, 1.165) is 29.7 Å². The number of halogens is 4. The van der Waals surface area contributed by atoms with Crippen LogP contribution in [0.3, 0.4) is 0 Å². The summed E-state index contributed by atoms with van der Waals surface area (Å²) in [6, 6.07) is 1.23. The molecule has 0 aliphatic carbocycles. The fraction of sp³-hybridized carbons (Fsp3) is 0.312. The molecule has 0 fully saturated rings. The number of carbonyl (C=O) groups excluding carboxylic acids is 1. The molecule has 30 heavy (non-hydrogen) atoms. The Hall–Kier alpha value is -1.83. The van der Waals surface area contributed by atoms with Gasteiger partial charge in [0, 0.05) is 5.75 Å². The van der Waals surface area contributed by atoms with Gasteiger partial charge in [0.05, 0.1) is 22.5 Å². The van der Waals surface area contributed by atoms with Gasteiger partial charge in [-0.2, -0.15) is 13.2 Å². The molecular formula is C16H16ClF3N4O3S3. The second-order valence-corrected chi connectivity index (χ2v) is 10.4. The normalized spacial score (nSPS) is 13.0. The summed E-state index contributed by atoms with van der Waals surface area (Å²) in [6.07, 6.45) is -2.35. The predicted octanol–water partition coefficient (Wildman–Crippen LogP) is 4.28. The van der Waals surface area contributed by atoms with Gasteiger partial charge < -0.3 is 0 Å². The van der Waals surface area contributed by atoms with Crippen LogP contribution < -0.4 is 9.62 Å². The van der Waals surface area contributed by atoms with Crippen LogP contribution in [0.5, 0.6) is 0 Å². The highest BCUT2D eigenvalue weighted by atomic mass is 35.5. The molecule has 0 bridgehead atoms. The van der Waals surface area contributed by atoms with Crippen molar-refractivity contribution >= 4 is 61.4 Å². The van der Waals surface area contributed by atoms with Crippen molar-refractivity contribution in [2.24, 2.45) is 0 Å². The van der Waals surface area contributed by atoms with Gasteiger partial charge in [-0.05, 0) is 25.1 Å². The standard InChI is InChI=1S/C16H16ClF3N4O3S3/c1-4-7-28-15-23-22-14(29-15)21-13(25)9(2)24(30(3,26)27)10-5-6-12(17)11(8-10)16(18,19)20/h4-6,8-9H,1,7H2,2-3H3,(H,21,22,25)/t9-/m0/s1. The number of carbonyl (C=O) groups is 1. The molecule has 0 spiro atoms. The number of anilines is 2. The van der Waals surface area contributed by atoms with E-state index in [1.54, 1.807) is 6.08 Å². The molecule has 0 saturated carbocycles. The second kappa shape index (κ2) is 9.54. The van der Waals surface area contributed by atoms with Crippen molar-refractivity contribution in [2.75, 3.05) is 21.6 Å². The zero-order chi connectivity index (χ0) is 22.7. The third-order valence-corrected chi connectivity index (χ3v) is 7.10.